The Morgan fingerprint density at radius 2 is 1.97 bits per heavy atom. The van der Waals surface area contributed by atoms with Crippen LogP contribution in [0.2, 0.25) is 0 Å². The van der Waals surface area contributed by atoms with Gasteiger partial charge >= 0.3 is 0 Å². The SMILES string of the molecule is COc1ccc2c3c1O[C@H]1c4c(c(C)nn4-c4ccccc4)C[C@H]4[C@@H](C2)N(C)CC[C@]314. The number of hydrogen-bond acceptors (Lipinski definition) is 4. The molecule has 158 valence electrons. The number of rotatable bonds is 2. The van der Waals surface area contributed by atoms with Crippen molar-refractivity contribution in [2.45, 2.75) is 43.7 Å². The summed E-state index contributed by atoms with van der Waals surface area (Å²) in [5, 5.41) is 5.04. The van der Waals surface area contributed by atoms with Crippen LogP contribution in [0.15, 0.2) is 42.5 Å². The van der Waals surface area contributed by atoms with Crippen LogP contribution in [-0.4, -0.2) is 41.4 Å². The van der Waals surface area contributed by atoms with E-state index >= 15 is 0 Å². The van der Waals surface area contributed by atoms with Crippen LogP contribution < -0.4 is 9.47 Å². The number of likely N-dealkylation sites (N-methyl/N-ethyl adjacent to an activating group) is 1. The molecule has 2 aliphatic carbocycles. The van der Waals surface area contributed by atoms with E-state index in [0.717, 1.165) is 48.7 Å². The lowest BCUT2D eigenvalue weighted by molar-refractivity contribution is -0.0265. The summed E-state index contributed by atoms with van der Waals surface area (Å²) in [6, 6.07) is 15.4. The predicted octanol–water partition coefficient (Wildman–Crippen LogP) is 3.99. The van der Waals surface area contributed by atoms with E-state index in [1.54, 1.807) is 7.11 Å². The lowest BCUT2D eigenvalue weighted by Gasteiger charge is -2.57. The Morgan fingerprint density at radius 3 is 2.77 bits per heavy atom. The van der Waals surface area contributed by atoms with E-state index < -0.39 is 0 Å². The summed E-state index contributed by atoms with van der Waals surface area (Å²) in [6.45, 7) is 3.26. The quantitative estimate of drug-likeness (QED) is 0.637. The van der Waals surface area contributed by atoms with Crippen LogP contribution in [0.4, 0.5) is 0 Å². The van der Waals surface area contributed by atoms with E-state index in [0.29, 0.717) is 12.0 Å². The molecule has 0 unspecified atom stereocenters. The molecular weight excluding hydrogens is 386 g/mol. The van der Waals surface area contributed by atoms with Crippen molar-refractivity contribution in [3.05, 3.63) is 70.5 Å². The number of para-hydroxylation sites is 1. The molecule has 7 rings (SSSR count). The number of likely N-dealkylation sites (tertiary alicyclic amines) is 1. The Hall–Kier alpha value is -2.79. The first-order valence-corrected chi connectivity index (χ1v) is 11.3. The average Bonchev–Trinajstić information content (AvgIpc) is 3.31. The Bertz CT molecular complexity index is 1220. The van der Waals surface area contributed by atoms with Crippen LogP contribution >= 0.6 is 0 Å². The highest BCUT2D eigenvalue weighted by Crippen LogP contribution is 2.67. The summed E-state index contributed by atoms with van der Waals surface area (Å²) in [6.07, 6.45) is 3.25. The van der Waals surface area contributed by atoms with Gasteiger partial charge in [0.2, 0.25) is 0 Å². The molecule has 31 heavy (non-hydrogen) atoms. The highest BCUT2D eigenvalue weighted by atomic mass is 16.5. The molecule has 3 heterocycles. The Labute approximate surface area is 182 Å². The third-order valence-corrected chi connectivity index (χ3v) is 8.49. The highest BCUT2D eigenvalue weighted by Gasteiger charge is 2.65. The van der Waals surface area contributed by atoms with E-state index in [2.05, 4.69) is 66.0 Å². The second-order valence-electron chi connectivity index (χ2n) is 9.68. The van der Waals surface area contributed by atoms with Gasteiger partial charge in [-0.25, -0.2) is 4.68 Å². The van der Waals surface area contributed by atoms with Gasteiger partial charge in [-0.15, -0.1) is 0 Å². The van der Waals surface area contributed by atoms with Gasteiger partial charge in [0.25, 0.3) is 0 Å². The fourth-order valence-corrected chi connectivity index (χ4v) is 7.14. The minimum absolute atomic E-state index is 0.000632. The molecule has 1 saturated heterocycles. The topological polar surface area (TPSA) is 39.5 Å². The monoisotopic (exact) mass is 413 g/mol. The zero-order valence-corrected chi connectivity index (χ0v) is 18.3. The Kier molecular flexibility index (Phi) is 3.41. The second kappa shape index (κ2) is 5.92. The van der Waals surface area contributed by atoms with Crippen molar-refractivity contribution in [3.63, 3.8) is 0 Å². The van der Waals surface area contributed by atoms with Crippen molar-refractivity contribution >= 4 is 0 Å². The van der Waals surface area contributed by atoms with E-state index in [9.17, 15) is 0 Å². The molecule has 0 radical (unpaired) electrons. The standard InChI is InChI=1S/C26H27N3O2/c1-15-18-14-19-20-13-16-9-10-21(30-3)24-22(16)26(19,11-12-28(20)2)25(31-24)23(18)29(27-15)17-7-5-4-6-8-17/h4-10,19-20,25H,11-14H2,1-3H3/t19-,20+,25-,26-/m0/s1. The lowest BCUT2D eigenvalue weighted by Crippen LogP contribution is -2.62. The summed E-state index contributed by atoms with van der Waals surface area (Å²) in [4.78, 5) is 2.58. The van der Waals surface area contributed by atoms with Gasteiger partial charge in [-0.1, -0.05) is 24.3 Å². The minimum Gasteiger partial charge on any atom is -0.493 e. The maximum atomic E-state index is 6.93. The molecule has 5 nitrogen and oxygen atoms in total. The molecule has 0 saturated carbocycles. The summed E-state index contributed by atoms with van der Waals surface area (Å²) in [5.41, 5.74) is 7.73. The van der Waals surface area contributed by atoms with Gasteiger partial charge in [0, 0.05) is 22.6 Å². The number of benzene rings is 2. The Balaban J connectivity index is 1.53. The normalized spacial score (nSPS) is 29.8. The molecule has 0 N–H and O–H groups in total. The molecule has 4 aliphatic rings. The third-order valence-electron chi connectivity index (χ3n) is 8.49. The average molecular weight is 414 g/mol. The molecule has 2 aliphatic heterocycles. The fourth-order valence-electron chi connectivity index (χ4n) is 7.14. The molecule has 5 heteroatoms. The summed E-state index contributed by atoms with van der Waals surface area (Å²) < 4.78 is 14.9. The molecule has 2 aromatic carbocycles. The molecule has 0 amide bonds. The number of piperidine rings is 1. The first-order chi connectivity index (χ1) is 15.1. The van der Waals surface area contributed by atoms with Gasteiger partial charge in [0.05, 0.1) is 24.2 Å². The zero-order chi connectivity index (χ0) is 20.9. The number of aryl methyl sites for hydroxylation is 1. The third kappa shape index (κ3) is 2.03. The van der Waals surface area contributed by atoms with Gasteiger partial charge in [0.1, 0.15) is 0 Å². The van der Waals surface area contributed by atoms with Crippen molar-refractivity contribution in [3.8, 4) is 17.2 Å². The zero-order valence-electron chi connectivity index (χ0n) is 18.3. The number of nitrogens with zero attached hydrogens (tertiary/aromatic N) is 3. The van der Waals surface area contributed by atoms with E-state index in [-0.39, 0.29) is 11.5 Å². The maximum absolute atomic E-state index is 6.93. The van der Waals surface area contributed by atoms with Crippen LogP contribution in [0, 0.1) is 12.8 Å². The van der Waals surface area contributed by atoms with Crippen LogP contribution in [0.25, 0.3) is 5.69 Å². The van der Waals surface area contributed by atoms with Gasteiger partial charge in [-0.2, -0.15) is 5.10 Å². The van der Waals surface area contributed by atoms with Gasteiger partial charge < -0.3 is 14.4 Å². The van der Waals surface area contributed by atoms with Crippen molar-refractivity contribution < 1.29 is 9.47 Å². The van der Waals surface area contributed by atoms with Crippen LogP contribution in [0.3, 0.4) is 0 Å². The molecule has 3 aromatic rings. The molecule has 1 fully saturated rings. The van der Waals surface area contributed by atoms with Crippen LogP contribution in [0.1, 0.15) is 40.6 Å². The van der Waals surface area contributed by atoms with Crippen molar-refractivity contribution in [1.29, 1.82) is 0 Å². The van der Waals surface area contributed by atoms with Gasteiger partial charge in [0.15, 0.2) is 17.6 Å². The van der Waals surface area contributed by atoms with E-state index in [1.807, 2.05) is 0 Å². The smallest absolute Gasteiger partial charge is 0.166 e. The van der Waals surface area contributed by atoms with Crippen LogP contribution in [-0.2, 0) is 18.3 Å². The number of hydrogen-bond donors (Lipinski definition) is 0. The first kappa shape index (κ1) is 17.8. The molecule has 1 aromatic heterocycles. The molecule has 4 atom stereocenters. The second-order valence-corrected chi connectivity index (χ2v) is 9.68. The van der Waals surface area contributed by atoms with Gasteiger partial charge in [-0.05, 0) is 69.5 Å². The van der Waals surface area contributed by atoms with E-state index in [1.165, 1.54) is 22.4 Å². The van der Waals surface area contributed by atoms with Gasteiger partial charge in [-0.3, -0.25) is 0 Å². The Morgan fingerprint density at radius 1 is 1.13 bits per heavy atom. The minimum atomic E-state index is -0.0239. The maximum Gasteiger partial charge on any atom is 0.166 e. The number of fused-ring (bicyclic) bond motifs is 2. The van der Waals surface area contributed by atoms with Crippen molar-refractivity contribution in [2.24, 2.45) is 5.92 Å². The molecule has 1 spiro atoms. The highest BCUT2D eigenvalue weighted by molar-refractivity contribution is 5.63. The molecular formula is C26H27N3O2. The van der Waals surface area contributed by atoms with E-state index in [4.69, 9.17) is 14.6 Å². The summed E-state index contributed by atoms with van der Waals surface area (Å²) in [5.74, 6) is 2.38. The number of aromatic nitrogens is 2. The molecule has 2 bridgehead atoms. The lowest BCUT2D eigenvalue weighted by atomic mass is 9.51. The van der Waals surface area contributed by atoms with Crippen LogP contribution in [0.5, 0.6) is 11.5 Å². The predicted molar refractivity (Wildman–Crippen MR) is 118 cm³/mol. The number of methoxy groups -OCH3 is 1. The largest absolute Gasteiger partial charge is 0.493 e. The first-order valence-electron chi connectivity index (χ1n) is 11.3. The fraction of sp³-hybridized carbons (Fsp3) is 0.423. The van der Waals surface area contributed by atoms with Crippen molar-refractivity contribution in [1.82, 2.24) is 14.7 Å². The van der Waals surface area contributed by atoms with Crippen molar-refractivity contribution in [2.75, 3.05) is 20.7 Å². The summed E-state index contributed by atoms with van der Waals surface area (Å²) >= 11 is 0. The summed E-state index contributed by atoms with van der Waals surface area (Å²) in [7, 11) is 4.05. The number of ether oxygens (including phenoxy) is 2.